The number of nitrogens with one attached hydrogen (secondary N) is 2. The maximum Gasteiger partial charge on any atom is 0.417 e. The monoisotopic (exact) mass is 502 g/mol. The van der Waals surface area contributed by atoms with Gasteiger partial charge in [0.1, 0.15) is 11.5 Å². The van der Waals surface area contributed by atoms with Gasteiger partial charge in [0.2, 0.25) is 5.95 Å². The topological polar surface area (TPSA) is 99.2 Å². The van der Waals surface area contributed by atoms with Gasteiger partial charge in [-0.2, -0.15) is 17.6 Å². The summed E-state index contributed by atoms with van der Waals surface area (Å²) in [6.07, 6.45) is -3.53. The Morgan fingerprint density at radius 2 is 1.91 bits per heavy atom. The quantitative estimate of drug-likeness (QED) is 0.283. The van der Waals surface area contributed by atoms with Crippen LogP contribution in [0.4, 0.5) is 23.2 Å². The Bertz CT molecular complexity index is 1200. The van der Waals surface area contributed by atoms with Crippen molar-refractivity contribution in [2.45, 2.75) is 18.1 Å². The molecular formula is C20H15ClF4N4O3S. The van der Waals surface area contributed by atoms with E-state index < -0.39 is 45.7 Å². The lowest BCUT2D eigenvalue weighted by atomic mass is 10.1. The van der Waals surface area contributed by atoms with Crippen molar-refractivity contribution < 1.29 is 31.6 Å². The summed E-state index contributed by atoms with van der Waals surface area (Å²) >= 11 is 4.16. The van der Waals surface area contributed by atoms with E-state index in [0.29, 0.717) is 6.07 Å². The van der Waals surface area contributed by atoms with Gasteiger partial charge in [0.25, 0.3) is 10.9 Å². The number of benzene rings is 1. The van der Waals surface area contributed by atoms with Crippen LogP contribution in [-0.4, -0.2) is 27.5 Å². The highest BCUT2D eigenvalue weighted by Crippen LogP contribution is 2.40. The molecule has 3 aromatic rings. The van der Waals surface area contributed by atoms with E-state index in [0.717, 1.165) is 12.1 Å². The van der Waals surface area contributed by atoms with Crippen molar-refractivity contribution in [1.29, 1.82) is 0 Å². The van der Waals surface area contributed by atoms with Crippen LogP contribution < -0.4 is 14.8 Å². The molecule has 1 atom stereocenters. The van der Waals surface area contributed by atoms with Gasteiger partial charge in [-0.3, -0.25) is 4.79 Å². The zero-order valence-corrected chi connectivity index (χ0v) is 18.5. The van der Waals surface area contributed by atoms with E-state index >= 15 is 0 Å². The van der Waals surface area contributed by atoms with Crippen molar-refractivity contribution >= 4 is 34.6 Å². The molecule has 0 bridgehead atoms. The summed E-state index contributed by atoms with van der Waals surface area (Å²) in [6, 6.07) is 6.25. The lowest BCUT2D eigenvalue weighted by molar-refractivity contribution is -0.137. The third-order valence-electron chi connectivity index (χ3n) is 4.21. The second kappa shape index (κ2) is 9.91. The van der Waals surface area contributed by atoms with E-state index in [1.807, 2.05) is 0 Å². The molecule has 0 saturated carbocycles. The summed E-state index contributed by atoms with van der Waals surface area (Å²) in [5.74, 6) is -2.21. The number of carbonyl (C=O) groups excluding carboxylic acids is 1. The molecule has 0 aliphatic heterocycles. The van der Waals surface area contributed by atoms with Crippen LogP contribution in [0.5, 0.6) is 11.5 Å². The number of alkyl halides is 3. The molecule has 13 heteroatoms. The standard InChI is InChI=1S/C20H15ClF4N4O3S/c1-10-15(3-4-17(22)28-10)32-16-9-13(20(23,24)25)14(21)8-12(16)19(30)29-11-5-6-27-18(7-11)33(31)26-2/h3-9,26H,1-2H3,(H,27,29,30)/t33-/m0/s1. The molecule has 0 unspecified atom stereocenters. The second-order valence-corrected chi connectivity index (χ2v) is 8.23. The van der Waals surface area contributed by atoms with Gasteiger partial charge in [-0.1, -0.05) is 11.6 Å². The van der Waals surface area contributed by atoms with E-state index in [4.69, 9.17) is 16.3 Å². The number of amides is 1. The number of ether oxygens (including phenoxy) is 1. The first-order valence-corrected chi connectivity index (χ1v) is 10.6. The summed E-state index contributed by atoms with van der Waals surface area (Å²) in [5.41, 5.74) is -1.32. The van der Waals surface area contributed by atoms with Crippen LogP contribution in [0.2, 0.25) is 5.02 Å². The third-order valence-corrected chi connectivity index (χ3v) is 5.50. The fourth-order valence-electron chi connectivity index (χ4n) is 2.67. The minimum atomic E-state index is -4.82. The van der Waals surface area contributed by atoms with Gasteiger partial charge in [0, 0.05) is 25.0 Å². The normalized spacial score (nSPS) is 12.4. The molecule has 0 radical (unpaired) electrons. The van der Waals surface area contributed by atoms with E-state index in [9.17, 15) is 26.9 Å². The fourth-order valence-corrected chi connectivity index (χ4v) is 3.54. The number of hydrogen-bond acceptors (Lipinski definition) is 6. The van der Waals surface area contributed by atoms with Crippen molar-refractivity contribution in [3.63, 3.8) is 0 Å². The zero-order valence-electron chi connectivity index (χ0n) is 17.0. The van der Waals surface area contributed by atoms with Crippen molar-refractivity contribution in [1.82, 2.24) is 14.7 Å². The number of halogens is 5. The SMILES string of the molecule is CN[S@@+]([O-])c1cc(NC(=O)c2cc(Cl)c(C(F)(F)F)cc2Oc2ccc(F)nc2C)ccn1. The first-order valence-electron chi connectivity index (χ1n) is 9.08. The number of rotatable bonds is 6. The molecular weight excluding hydrogens is 488 g/mol. The van der Waals surface area contributed by atoms with Crippen LogP contribution in [-0.2, 0) is 17.5 Å². The molecule has 174 valence electrons. The second-order valence-electron chi connectivity index (χ2n) is 6.46. The fraction of sp³-hybridized carbons (Fsp3) is 0.150. The van der Waals surface area contributed by atoms with Gasteiger partial charge in [0.15, 0.2) is 0 Å². The molecule has 3 rings (SSSR count). The van der Waals surface area contributed by atoms with Crippen molar-refractivity contribution in [2.75, 3.05) is 12.4 Å². The van der Waals surface area contributed by atoms with E-state index in [2.05, 4.69) is 20.0 Å². The summed E-state index contributed by atoms with van der Waals surface area (Å²) in [5, 5.41) is 1.87. The summed E-state index contributed by atoms with van der Waals surface area (Å²) in [7, 11) is 1.45. The van der Waals surface area contributed by atoms with Gasteiger partial charge in [-0.15, -0.1) is 4.72 Å². The average molecular weight is 503 g/mol. The number of aryl methyl sites for hydroxylation is 1. The minimum Gasteiger partial charge on any atom is -0.592 e. The minimum absolute atomic E-state index is 0.0539. The van der Waals surface area contributed by atoms with Gasteiger partial charge in [-0.05, 0) is 37.3 Å². The smallest absolute Gasteiger partial charge is 0.417 e. The first kappa shape index (κ1) is 24.7. The van der Waals surface area contributed by atoms with Crippen molar-refractivity contribution in [3.8, 4) is 11.5 Å². The Hall–Kier alpha value is -2.93. The molecule has 0 fully saturated rings. The summed E-state index contributed by atoms with van der Waals surface area (Å²) < 4.78 is 73.3. The molecule has 2 aromatic heterocycles. The maximum absolute atomic E-state index is 13.4. The largest absolute Gasteiger partial charge is 0.592 e. The van der Waals surface area contributed by atoms with E-state index in [-0.39, 0.29) is 27.7 Å². The third kappa shape index (κ3) is 5.90. The highest BCUT2D eigenvalue weighted by atomic mass is 35.5. The Morgan fingerprint density at radius 3 is 2.55 bits per heavy atom. The molecule has 1 amide bonds. The van der Waals surface area contributed by atoms with Gasteiger partial charge in [-0.25, -0.2) is 9.97 Å². The van der Waals surface area contributed by atoms with Crippen LogP contribution in [0, 0.1) is 12.9 Å². The Balaban J connectivity index is 2.02. The number of hydrogen-bond donors (Lipinski definition) is 2. The summed E-state index contributed by atoms with van der Waals surface area (Å²) in [4.78, 5) is 20.4. The number of carbonyl (C=O) groups is 1. The summed E-state index contributed by atoms with van der Waals surface area (Å²) in [6.45, 7) is 1.39. The molecule has 0 aliphatic carbocycles. The van der Waals surface area contributed by atoms with Crippen molar-refractivity contribution in [2.24, 2.45) is 0 Å². The van der Waals surface area contributed by atoms with Crippen LogP contribution in [0.15, 0.2) is 47.6 Å². The number of nitrogens with zero attached hydrogens (tertiary/aromatic N) is 2. The molecule has 0 spiro atoms. The highest BCUT2D eigenvalue weighted by molar-refractivity contribution is 7.89. The first-order chi connectivity index (χ1) is 15.5. The predicted molar refractivity (Wildman–Crippen MR) is 113 cm³/mol. The van der Waals surface area contributed by atoms with Crippen LogP contribution >= 0.6 is 11.6 Å². The maximum atomic E-state index is 13.4. The molecule has 33 heavy (non-hydrogen) atoms. The molecule has 1 aromatic carbocycles. The average Bonchev–Trinajstić information content (AvgIpc) is 2.75. The van der Waals surface area contributed by atoms with Gasteiger partial charge >= 0.3 is 6.18 Å². The Labute approximate surface area is 193 Å². The lowest BCUT2D eigenvalue weighted by Crippen LogP contribution is -2.20. The molecule has 2 heterocycles. The van der Waals surface area contributed by atoms with Gasteiger partial charge < -0.3 is 14.6 Å². The predicted octanol–water partition coefficient (Wildman–Crippen LogP) is 4.88. The van der Waals surface area contributed by atoms with Crippen molar-refractivity contribution in [3.05, 3.63) is 70.4 Å². The van der Waals surface area contributed by atoms with Crippen LogP contribution in [0.1, 0.15) is 21.6 Å². The number of aromatic nitrogens is 2. The zero-order chi connectivity index (χ0) is 24.3. The molecule has 2 N–H and O–H groups in total. The molecule has 0 aliphatic rings. The Kier molecular flexibility index (Phi) is 7.42. The van der Waals surface area contributed by atoms with E-state index in [1.54, 1.807) is 0 Å². The lowest BCUT2D eigenvalue weighted by Gasteiger charge is -2.17. The van der Waals surface area contributed by atoms with Gasteiger partial charge in [0.05, 0.1) is 33.2 Å². The Morgan fingerprint density at radius 1 is 1.18 bits per heavy atom. The number of anilines is 1. The van der Waals surface area contributed by atoms with Crippen LogP contribution in [0.3, 0.4) is 0 Å². The van der Waals surface area contributed by atoms with E-state index in [1.165, 1.54) is 38.4 Å². The number of pyridine rings is 2. The highest BCUT2D eigenvalue weighted by Gasteiger charge is 2.35. The molecule has 7 nitrogen and oxygen atoms in total. The van der Waals surface area contributed by atoms with Crippen LogP contribution in [0.25, 0.3) is 0 Å². The molecule has 0 saturated heterocycles.